The smallest absolute Gasteiger partial charge is 0.336 e. The Morgan fingerprint density at radius 2 is 2.00 bits per heavy atom. The topological polar surface area (TPSA) is 91.4 Å². The second-order valence-electron chi connectivity index (χ2n) is 8.22. The number of methoxy groups -OCH3 is 1. The van der Waals surface area contributed by atoms with Crippen molar-refractivity contribution >= 4 is 11.6 Å². The van der Waals surface area contributed by atoms with Crippen molar-refractivity contribution in [3.05, 3.63) is 72.5 Å². The van der Waals surface area contributed by atoms with Gasteiger partial charge in [-0.15, -0.1) is 5.10 Å². The second kappa shape index (κ2) is 9.82. The van der Waals surface area contributed by atoms with Crippen molar-refractivity contribution in [1.29, 1.82) is 0 Å². The molecule has 1 amide bonds. The van der Waals surface area contributed by atoms with E-state index in [1.807, 2.05) is 54.6 Å². The predicted molar refractivity (Wildman–Crippen MR) is 127 cm³/mol. The first kappa shape index (κ1) is 21.8. The minimum atomic E-state index is 0.0656. The van der Waals surface area contributed by atoms with E-state index in [1.54, 1.807) is 24.1 Å². The molecule has 1 fully saturated rings. The number of carbonyl (C=O) groups excluding carboxylic acids is 1. The maximum absolute atomic E-state index is 12.4. The Morgan fingerprint density at radius 3 is 2.71 bits per heavy atom. The van der Waals surface area contributed by atoms with E-state index in [9.17, 15) is 4.79 Å². The number of hydrogen-bond acceptors (Lipinski definition) is 6. The molecule has 2 heterocycles. The van der Waals surface area contributed by atoms with Crippen LogP contribution in [-0.4, -0.2) is 34.4 Å². The van der Waals surface area contributed by atoms with Crippen molar-refractivity contribution in [3.8, 4) is 29.0 Å². The predicted octanol–water partition coefficient (Wildman–Crippen LogP) is 4.90. The van der Waals surface area contributed by atoms with Crippen LogP contribution in [0.1, 0.15) is 24.8 Å². The van der Waals surface area contributed by atoms with Crippen molar-refractivity contribution in [3.63, 3.8) is 0 Å². The Balaban J connectivity index is 1.34. The number of nitrogens with one attached hydrogen (secondary N) is 1. The van der Waals surface area contributed by atoms with Gasteiger partial charge in [-0.3, -0.25) is 4.79 Å². The number of rotatable bonds is 9. The SMILES string of the molecule is COc1ccc(CCOc2nc(-c3ccco3)n(-c3cccc(NC(=O)C4CCC4)c3)n2)cc1. The number of amides is 1. The first-order valence-corrected chi connectivity index (χ1v) is 11.4. The maximum Gasteiger partial charge on any atom is 0.336 e. The zero-order chi connectivity index (χ0) is 23.3. The standard InChI is InChI=1S/C26H26N4O4/c1-32-22-12-10-18(11-13-22)14-16-34-26-28-24(23-9-4-15-33-23)30(29-26)21-8-3-7-20(17-21)27-25(31)19-5-2-6-19/h3-4,7-13,15,17,19H,2,5-6,14,16H2,1H3,(H,27,31). The largest absolute Gasteiger partial charge is 0.497 e. The molecule has 0 radical (unpaired) electrons. The fourth-order valence-corrected chi connectivity index (χ4v) is 3.78. The minimum absolute atomic E-state index is 0.0656. The summed E-state index contributed by atoms with van der Waals surface area (Å²) in [6.07, 6.45) is 5.32. The Kier molecular flexibility index (Phi) is 6.29. The third kappa shape index (κ3) is 4.80. The van der Waals surface area contributed by atoms with E-state index < -0.39 is 0 Å². The monoisotopic (exact) mass is 458 g/mol. The van der Waals surface area contributed by atoms with Crippen molar-refractivity contribution in [2.45, 2.75) is 25.7 Å². The average Bonchev–Trinajstić information content (AvgIpc) is 3.49. The highest BCUT2D eigenvalue weighted by Crippen LogP contribution is 2.29. The molecule has 1 aliphatic carbocycles. The summed E-state index contributed by atoms with van der Waals surface area (Å²) in [5.41, 5.74) is 2.59. The second-order valence-corrected chi connectivity index (χ2v) is 8.22. The quantitative estimate of drug-likeness (QED) is 0.384. The van der Waals surface area contributed by atoms with Gasteiger partial charge in [-0.2, -0.15) is 4.98 Å². The number of benzene rings is 2. The van der Waals surface area contributed by atoms with Crippen LogP contribution in [0.15, 0.2) is 71.3 Å². The molecule has 0 saturated heterocycles. The van der Waals surface area contributed by atoms with Gasteiger partial charge >= 0.3 is 6.01 Å². The highest BCUT2D eigenvalue weighted by Gasteiger charge is 2.25. The number of hydrogen-bond donors (Lipinski definition) is 1. The number of nitrogens with zero attached hydrogens (tertiary/aromatic N) is 3. The summed E-state index contributed by atoms with van der Waals surface area (Å²) >= 11 is 0. The summed E-state index contributed by atoms with van der Waals surface area (Å²) < 4.78 is 18.3. The number of ether oxygens (including phenoxy) is 2. The molecule has 2 aromatic carbocycles. The fraction of sp³-hybridized carbons (Fsp3) is 0.269. The molecule has 8 nitrogen and oxygen atoms in total. The molecule has 2 aromatic heterocycles. The third-order valence-electron chi connectivity index (χ3n) is 5.94. The van der Waals surface area contributed by atoms with Crippen molar-refractivity contribution in [1.82, 2.24) is 14.8 Å². The van der Waals surface area contributed by atoms with Crippen molar-refractivity contribution in [2.75, 3.05) is 19.0 Å². The summed E-state index contributed by atoms with van der Waals surface area (Å²) in [5.74, 6) is 2.09. The van der Waals surface area contributed by atoms with Crippen LogP contribution in [0.4, 0.5) is 5.69 Å². The molecule has 0 spiro atoms. The van der Waals surface area contributed by atoms with Gasteiger partial charge in [-0.1, -0.05) is 24.6 Å². The van der Waals surface area contributed by atoms with Crippen molar-refractivity contribution < 1.29 is 18.7 Å². The lowest BCUT2D eigenvalue weighted by atomic mass is 9.85. The third-order valence-corrected chi connectivity index (χ3v) is 5.94. The Bertz CT molecular complexity index is 1240. The highest BCUT2D eigenvalue weighted by molar-refractivity contribution is 5.93. The van der Waals surface area contributed by atoms with E-state index in [1.165, 1.54) is 0 Å². The van der Waals surface area contributed by atoms with Crippen LogP contribution in [-0.2, 0) is 11.2 Å². The first-order valence-electron chi connectivity index (χ1n) is 11.4. The summed E-state index contributed by atoms with van der Waals surface area (Å²) in [6.45, 7) is 0.422. The summed E-state index contributed by atoms with van der Waals surface area (Å²) in [5, 5.41) is 7.58. The molecule has 1 aliphatic rings. The number of furan rings is 1. The molecular formula is C26H26N4O4. The van der Waals surface area contributed by atoms with E-state index in [0.717, 1.165) is 42.0 Å². The molecule has 1 saturated carbocycles. The number of aromatic nitrogens is 3. The molecule has 1 N–H and O–H groups in total. The Hall–Kier alpha value is -4.07. The van der Waals surface area contributed by atoms with E-state index in [4.69, 9.17) is 13.9 Å². The van der Waals surface area contributed by atoms with Gasteiger partial charge in [-0.25, -0.2) is 4.68 Å². The highest BCUT2D eigenvalue weighted by atomic mass is 16.5. The zero-order valence-corrected chi connectivity index (χ0v) is 18.9. The van der Waals surface area contributed by atoms with Gasteiger partial charge < -0.3 is 19.2 Å². The van der Waals surface area contributed by atoms with Gasteiger partial charge in [0.1, 0.15) is 5.75 Å². The average molecular weight is 459 g/mol. The van der Waals surface area contributed by atoms with Gasteiger partial charge in [0.2, 0.25) is 11.7 Å². The summed E-state index contributed by atoms with van der Waals surface area (Å²) in [6, 6.07) is 19.3. The molecule has 5 rings (SSSR count). The van der Waals surface area contributed by atoms with Crippen LogP contribution in [0.3, 0.4) is 0 Å². The maximum atomic E-state index is 12.4. The lowest BCUT2D eigenvalue weighted by Crippen LogP contribution is -2.28. The molecule has 174 valence electrons. The van der Waals surface area contributed by atoms with Gasteiger partial charge in [0.05, 0.1) is 25.7 Å². The van der Waals surface area contributed by atoms with E-state index in [2.05, 4.69) is 15.4 Å². The normalized spacial score (nSPS) is 13.3. The van der Waals surface area contributed by atoms with Crippen LogP contribution in [0.2, 0.25) is 0 Å². The summed E-state index contributed by atoms with van der Waals surface area (Å²) in [4.78, 5) is 16.9. The van der Waals surface area contributed by atoms with E-state index >= 15 is 0 Å². The lowest BCUT2D eigenvalue weighted by molar-refractivity contribution is -0.122. The van der Waals surface area contributed by atoms with Gasteiger partial charge in [0.25, 0.3) is 0 Å². The van der Waals surface area contributed by atoms with Crippen LogP contribution in [0, 0.1) is 5.92 Å². The van der Waals surface area contributed by atoms with Crippen LogP contribution < -0.4 is 14.8 Å². The van der Waals surface area contributed by atoms with E-state index in [0.29, 0.717) is 24.6 Å². The molecule has 0 aliphatic heterocycles. The molecular weight excluding hydrogens is 432 g/mol. The molecule has 0 unspecified atom stereocenters. The van der Waals surface area contributed by atoms with E-state index in [-0.39, 0.29) is 17.8 Å². The summed E-state index contributed by atoms with van der Waals surface area (Å²) in [7, 11) is 1.65. The zero-order valence-electron chi connectivity index (χ0n) is 18.9. The van der Waals surface area contributed by atoms with Crippen LogP contribution in [0.5, 0.6) is 11.8 Å². The Morgan fingerprint density at radius 1 is 1.15 bits per heavy atom. The van der Waals surface area contributed by atoms with Crippen molar-refractivity contribution in [2.24, 2.45) is 5.92 Å². The van der Waals surface area contributed by atoms with Crippen LogP contribution in [0.25, 0.3) is 17.3 Å². The molecule has 0 atom stereocenters. The molecule has 34 heavy (non-hydrogen) atoms. The van der Waals surface area contributed by atoms with Crippen LogP contribution >= 0.6 is 0 Å². The van der Waals surface area contributed by atoms with Gasteiger partial charge in [-0.05, 0) is 60.9 Å². The minimum Gasteiger partial charge on any atom is -0.497 e. The lowest BCUT2D eigenvalue weighted by Gasteiger charge is -2.24. The first-order chi connectivity index (χ1) is 16.7. The number of anilines is 1. The van der Waals surface area contributed by atoms with Gasteiger partial charge in [0, 0.05) is 18.0 Å². The molecule has 8 heteroatoms. The number of carbonyl (C=O) groups is 1. The Labute approximate surface area is 197 Å². The van der Waals surface area contributed by atoms with Gasteiger partial charge in [0.15, 0.2) is 5.76 Å². The fourth-order valence-electron chi connectivity index (χ4n) is 3.78. The molecule has 4 aromatic rings. The molecule has 0 bridgehead atoms.